The summed E-state index contributed by atoms with van der Waals surface area (Å²) in [5.74, 6) is 0. The van der Waals surface area contributed by atoms with E-state index in [2.05, 4.69) is 14.2 Å². The summed E-state index contributed by atoms with van der Waals surface area (Å²) in [7, 11) is 1.42. The van der Waals surface area contributed by atoms with Crippen LogP contribution < -0.4 is 0 Å². The maximum atomic E-state index is 12.2. The molecule has 0 rings (SSSR count). The van der Waals surface area contributed by atoms with Crippen LogP contribution >= 0.6 is 0 Å². The number of halogens is 4. The van der Waals surface area contributed by atoms with Gasteiger partial charge in [-0.05, 0) is 0 Å². The van der Waals surface area contributed by atoms with E-state index in [0.29, 0.717) is 0 Å². The average Bonchev–Trinajstić information content (AvgIpc) is 2.09. The van der Waals surface area contributed by atoms with Crippen LogP contribution in [0.5, 0.6) is 0 Å². The Hall–Kier alpha value is -0.440. The molecule has 15 heavy (non-hydrogen) atoms. The van der Waals surface area contributed by atoms with E-state index >= 15 is 0 Å². The first-order chi connectivity index (χ1) is 6.81. The normalized spacial score (nSPS) is 13.2. The van der Waals surface area contributed by atoms with E-state index < -0.39 is 18.8 Å². The van der Waals surface area contributed by atoms with Crippen molar-refractivity contribution in [3.05, 3.63) is 0 Å². The number of hydrogen-bond acceptors (Lipinski definition) is 4. The molecule has 0 aliphatic carbocycles. The highest BCUT2D eigenvalue weighted by atomic mass is 19.3. The lowest BCUT2D eigenvalue weighted by Crippen LogP contribution is -2.43. The molecule has 0 aromatic rings. The highest BCUT2D eigenvalue weighted by Crippen LogP contribution is 2.32. The van der Waals surface area contributed by atoms with Crippen LogP contribution in [0.2, 0.25) is 0 Å². The molecule has 0 unspecified atom stereocenters. The van der Waals surface area contributed by atoms with Crippen LogP contribution in [-0.2, 0) is 14.2 Å². The van der Waals surface area contributed by atoms with Gasteiger partial charge in [0.15, 0.2) is 0 Å². The molecule has 0 aromatic heterocycles. The lowest BCUT2D eigenvalue weighted by atomic mass is 10.6. The maximum absolute atomic E-state index is 12.2. The van der Waals surface area contributed by atoms with E-state index in [4.69, 9.17) is 5.11 Å². The van der Waals surface area contributed by atoms with E-state index in [1.807, 2.05) is 0 Å². The van der Waals surface area contributed by atoms with Gasteiger partial charge in [0, 0.05) is 7.11 Å². The number of methoxy groups -OCH3 is 1. The molecule has 0 saturated heterocycles. The molecule has 0 spiro atoms. The largest absolute Gasteiger partial charge is 0.448 e. The molecule has 0 aliphatic heterocycles. The second-order valence-corrected chi connectivity index (χ2v) is 2.51. The zero-order valence-electron chi connectivity index (χ0n) is 8.01. The van der Waals surface area contributed by atoms with Crippen molar-refractivity contribution < 1.29 is 36.9 Å². The first-order valence-corrected chi connectivity index (χ1v) is 4.00. The zero-order chi connectivity index (χ0) is 11.9. The minimum absolute atomic E-state index is 0.140. The highest BCUT2D eigenvalue weighted by molar-refractivity contribution is 4.62. The van der Waals surface area contributed by atoms with E-state index in [0.717, 1.165) is 0 Å². The molecule has 0 aromatic carbocycles. The topological polar surface area (TPSA) is 47.9 Å². The zero-order valence-corrected chi connectivity index (χ0v) is 8.01. The van der Waals surface area contributed by atoms with Gasteiger partial charge in [0.2, 0.25) is 0 Å². The van der Waals surface area contributed by atoms with Crippen LogP contribution in [0.25, 0.3) is 0 Å². The van der Waals surface area contributed by atoms with E-state index in [-0.39, 0.29) is 19.8 Å². The second kappa shape index (κ2) is 6.21. The van der Waals surface area contributed by atoms with Crippen molar-refractivity contribution in [2.75, 3.05) is 33.5 Å². The quantitative estimate of drug-likeness (QED) is 0.501. The summed E-state index contributed by atoms with van der Waals surface area (Å²) in [5, 5.41) is 7.72. The number of alkyl halides is 4. The summed E-state index contributed by atoms with van der Waals surface area (Å²) in [4.78, 5) is 0. The molecule has 0 fully saturated rings. The van der Waals surface area contributed by atoms with Gasteiger partial charge in [-0.15, -0.1) is 0 Å². The first-order valence-electron chi connectivity index (χ1n) is 4.00. The number of ether oxygens (including phenoxy) is 3. The van der Waals surface area contributed by atoms with Gasteiger partial charge in [0.1, 0.15) is 0 Å². The Balaban J connectivity index is 3.58. The van der Waals surface area contributed by atoms with Crippen molar-refractivity contribution in [2.45, 2.75) is 12.2 Å². The van der Waals surface area contributed by atoms with Crippen molar-refractivity contribution in [2.24, 2.45) is 0 Å². The van der Waals surface area contributed by atoms with Gasteiger partial charge in [-0.1, -0.05) is 0 Å². The molecule has 8 heteroatoms. The van der Waals surface area contributed by atoms with Crippen LogP contribution in [0.4, 0.5) is 17.6 Å². The lowest BCUT2D eigenvalue weighted by molar-refractivity contribution is -0.419. The molecule has 0 bridgehead atoms. The predicted molar refractivity (Wildman–Crippen MR) is 40.8 cm³/mol. The van der Waals surface area contributed by atoms with Gasteiger partial charge in [0.25, 0.3) is 0 Å². The fraction of sp³-hybridized carbons (Fsp3) is 1.00. The SMILES string of the molecule is COCCOCCOC(F)(F)C(O)(F)F. The molecule has 0 atom stereocenters. The minimum atomic E-state index is -5.19. The van der Waals surface area contributed by atoms with Gasteiger partial charge in [-0.25, -0.2) is 0 Å². The molecule has 1 N–H and O–H groups in total. The molecule has 92 valence electrons. The highest BCUT2D eigenvalue weighted by Gasteiger charge is 2.57. The molecular weight excluding hydrogens is 224 g/mol. The van der Waals surface area contributed by atoms with E-state index in [9.17, 15) is 17.6 Å². The number of rotatable bonds is 8. The summed E-state index contributed by atoms with van der Waals surface area (Å²) in [6.07, 6.45) is -10.1. The van der Waals surface area contributed by atoms with Crippen molar-refractivity contribution in [3.8, 4) is 0 Å². The summed E-state index contributed by atoms with van der Waals surface area (Å²) < 4.78 is 60.6. The fourth-order valence-electron chi connectivity index (χ4n) is 0.560. The third kappa shape index (κ3) is 5.88. The Morgan fingerprint density at radius 3 is 2.00 bits per heavy atom. The lowest BCUT2D eigenvalue weighted by Gasteiger charge is -2.20. The van der Waals surface area contributed by atoms with Gasteiger partial charge < -0.3 is 19.3 Å². The summed E-state index contributed by atoms with van der Waals surface area (Å²) in [6.45, 7) is -0.657. The van der Waals surface area contributed by atoms with E-state index in [1.54, 1.807) is 0 Å². The monoisotopic (exact) mass is 236 g/mol. The van der Waals surface area contributed by atoms with Crippen LogP contribution in [0.1, 0.15) is 0 Å². The van der Waals surface area contributed by atoms with Crippen molar-refractivity contribution in [1.29, 1.82) is 0 Å². The van der Waals surface area contributed by atoms with Crippen LogP contribution in [-0.4, -0.2) is 50.9 Å². The smallest absolute Gasteiger partial charge is 0.382 e. The Morgan fingerprint density at radius 2 is 1.53 bits per heavy atom. The Labute approximate surface area is 83.7 Å². The van der Waals surface area contributed by atoms with Crippen LogP contribution in [0, 0.1) is 0 Å². The Bertz CT molecular complexity index is 171. The molecule has 0 saturated carbocycles. The van der Waals surface area contributed by atoms with Crippen molar-refractivity contribution in [1.82, 2.24) is 0 Å². The van der Waals surface area contributed by atoms with E-state index in [1.165, 1.54) is 7.11 Å². The van der Waals surface area contributed by atoms with Gasteiger partial charge in [0.05, 0.1) is 26.4 Å². The summed E-state index contributed by atoms with van der Waals surface area (Å²) in [5.41, 5.74) is 0. The molecule has 0 radical (unpaired) electrons. The van der Waals surface area contributed by atoms with Gasteiger partial charge in [-0.2, -0.15) is 17.6 Å². The third-order valence-corrected chi connectivity index (χ3v) is 1.29. The summed E-state index contributed by atoms with van der Waals surface area (Å²) in [6, 6.07) is 0. The molecule has 0 aliphatic rings. The summed E-state index contributed by atoms with van der Waals surface area (Å²) >= 11 is 0. The molecular formula is C7H12F4O4. The molecule has 4 nitrogen and oxygen atoms in total. The average molecular weight is 236 g/mol. The van der Waals surface area contributed by atoms with Crippen LogP contribution in [0.3, 0.4) is 0 Å². The maximum Gasteiger partial charge on any atom is 0.448 e. The van der Waals surface area contributed by atoms with Crippen molar-refractivity contribution in [3.63, 3.8) is 0 Å². The molecule has 0 amide bonds. The van der Waals surface area contributed by atoms with Gasteiger partial charge in [-0.3, -0.25) is 0 Å². The second-order valence-electron chi connectivity index (χ2n) is 2.51. The standard InChI is InChI=1S/C7H12F4O4/c1-13-2-3-14-4-5-15-7(10,11)6(8,9)12/h12H,2-5H2,1H3. The Kier molecular flexibility index (Phi) is 6.03. The first kappa shape index (κ1) is 14.6. The predicted octanol–water partition coefficient (Wildman–Crippen LogP) is 0.844. The Morgan fingerprint density at radius 1 is 1.00 bits per heavy atom. The van der Waals surface area contributed by atoms with Crippen LogP contribution in [0.15, 0.2) is 0 Å². The minimum Gasteiger partial charge on any atom is -0.382 e. The molecule has 0 heterocycles. The number of hydrogen-bond donors (Lipinski definition) is 1. The van der Waals surface area contributed by atoms with Gasteiger partial charge >= 0.3 is 12.2 Å². The number of aliphatic hydroxyl groups is 1. The fourth-order valence-corrected chi connectivity index (χ4v) is 0.560. The van der Waals surface area contributed by atoms with Crippen molar-refractivity contribution >= 4 is 0 Å². The third-order valence-electron chi connectivity index (χ3n) is 1.29.